The third-order valence-corrected chi connectivity index (χ3v) is 3.52. The summed E-state index contributed by atoms with van der Waals surface area (Å²) in [6.07, 6.45) is 2.59. The van der Waals surface area contributed by atoms with E-state index in [0.29, 0.717) is 18.0 Å². The SMILES string of the molecule is COc1ncccc1C(=O)N1CCCN(CCN)CC1. The van der Waals surface area contributed by atoms with E-state index in [2.05, 4.69) is 9.88 Å². The zero-order chi connectivity index (χ0) is 14.4. The fourth-order valence-corrected chi connectivity index (χ4v) is 2.47. The molecule has 0 radical (unpaired) electrons. The van der Waals surface area contributed by atoms with Crippen LogP contribution < -0.4 is 10.5 Å². The van der Waals surface area contributed by atoms with Gasteiger partial charge in [0, 0.05) is 38.9 Å². The molecule has 0 bridgehead atoms. The van der Waals surface area contributed by atoms with Crippen LogP contribution in [0.4, 0.5) is 0 Å². The summed E-state index contributed by atoms with van der Waals surface area (Å²) in [5.41, 5.74) is 6.12. The van der Waals surface area contributed by atoms with Crippen molar-refractivity contribution in [3.63, 3.8) is 0 Å². The van der Waals surface area contributed by atoms with Gasteiger partial charge in [0.25, 0.3) is 5.91 Å². The van der Waals surface area contributed by atoms with E-state index in [0.717, 1.165) is 39.1 Å². The van der Waals surface area contributed by atoms with E-state index in [9.17, 15) is 4.79 Å². The molecule has 0 atom stereocenters. The van der Waals surface area contributed by atoms with E-state index in [1.807, 2.05) is 4.90 Å². The smallest absolute Gasteiger partial charge is 0.259 e. The van der Waals surface area contributed by atoms with E-state index in [1.54, 1.807) is 18.3 Å². The van der Waals surface area contributed by atoms with Gasteiger partial charge in [-0.15, -0.1) is 0 Å². The first kappa shape index (κ1) is 14.7. The van der Waals surface area contributed by atoms with Gasteiger partial charge in [0.1, 0.15) is 5.56 Å². The van der Waals surface area contributed by atoms with Crippen LogP contribution >= 0.6 is 0 Å². The number of hydrogen-bond donors (Lipinski definition) is 1. The van der Waals surface area contributed by atoms with Gasteiger partial charge in [0.05, 0.1) is 7.11 Å². The molecule has 110 valence electrons. The van der Waals surface area contributed by atoms with Crippen LogP contribution in [0.3, 0.4) is 0 Å². The Morgan fingerprint density at radius 1 is 1.40 bits per heavy atom. The van der Waals surface area contributed by atoms with Crippen LogP contribution in [-0.2, 0) is 0 Å². The van der Waals surface area contributed by atoms with Crippen molar-refractivity contribution in [3.8, 4) is 5.88 Å². The zero-order valence-electron chi connectivity index (χ0n) is 11.9. The molecule has 1 aliphatic heterocycles. The highest BCUT2D eigenvalue weighted by Gasteiger charge is 2.22. The molecule has 2 rings (SSSR count). The molecule has 0 aromatic carbocycles. The maximum Gasteiger partial charge on any atom is 0.259 e. The van der Waals surface area contributed by atoms with E-state index in [-0.39, 0.29) is 5.91 Å². The number of amides is 1. The molecule has 1 aromatic heterocycles. The monoisotopic (exact) mass is 278 g/mol. The summed E-state index contributed by atoms with van der Waals surface area (Å²) in [5, 5.41) is 0. The number of carbonyl (C=O) groups is 1. The molecule has 6 nitrogen and oxygen atoms in total. The van der Waals surface area contributed by atoms with Crippen LogP contribution in [0.2, 0.25) is 0 Å². The second kappa shape index (κ2) is 7.21. The van der Waals surface area contributed by atoms with E-state index in [1.165, 1.54) is 7.11 Å². The minimum atomic E-state index is -0.00968. The second-order valence-electron chi connectivity index (χ2n) is 4.84. The first-order valence-electron chi connectivity index (χ1n) is 6.97. The molecule has 0 saturated carbocycles. The number of rotatable bonds is 4. The van der Waals surface area contributed by atoms with Gasteiger partial charge in [-0.2, -0.15) is 0 Å². The largest absolute Gasteiger partial charge is 0.480 e. The summed E-state index contributed by atoms with van der Waals surface area (Å²) in [6, 6.07) is 3.52. The average molecular weight is 278 g/mol. The minimum absolute atomic E-state index is 0.00968. The maximum atomic E-state index is 12.6. The summed E-state index contributed by atoms with van der Waals surface area (Å²) in [4.78, 5) is 20.8. The molecule has 6 heteroatoms. The maximum absolute atomic E-state index is 12.6. The van der Waals surface area contributed by atoms with Gasteiger partial charge in [0.15, 0.2) is 0 Å². The van der Waals surface area contributed by atoms with Crippen molar-refractivity contribution in [1.82, 2.24) is 14.8 Å². The quantitative estimate of drug-likeness (QED) is 0.851. The number of methoxy groups -OCH3 is 1. The lowest BCUT2D eigenvalue weighted by Gasteiger charge is -2.22. The van der Waals surface area contributed by atoms with E-state index < -0.39 is 0 Å². The van der Waals surface area contributed by atoms with Gasteiger partial charge in [-0.1, -0.05) is 0 Å². The molecule has 1 aliphatic rings. The first-order chi connectivity index (χ1) is 9.76. The fourth-order valence-electron chi connectivity index (χ4n) is 2.47. The average Bonchev–Trinajstić information content (AvgIpc) is 2.72. The Morgan fingerprint density at radius 2 is 2.25 bits per heavy atom. The molecule has 2 heterocycles. The van der Waals surface area contributed by atoms with Gasteiger partial charge in [-0.25, -0.2) is 4.98 Å². The number of nitrogens with two attached hydrogens (primary N) is 1. The van der Waals surface area contributed by atoms with Crippen molar-refractivity contribution in [1.29, 1.82) is 0 Å². The lowest BCUT2D eigenvalue weighted by atomic mass is 10.2. The predicted octanol–water partition coefficient (Wildman–Crippen LogP) is 0.197. The van der Waals surface area contributed by atoms with Gasteiger partial charge in [-0.05, 0) is 25.1 Å². The topological polar surface area (TPSA) is 71.7 Å². The van der Waals surface area contributed by atoms with Crippen LogP contribution in [-0.4, -0.2) is 67.1 Å². The van der Waals surface area contributed by atoms with Crippen LogP contribution in [0.15, 0.2) is 18.3 Å². The van der Waals surface area contributed by atoms with Crippen LogP contribution in [0.1, 0.15) is 16.8 Å². The highest BCUT2D eigenvalue weighted by atomic mass is 16.5. The fraction of sp³-hybridized carbons (Fsp3) is 0.571. The van der Waals surface area contributed by atoms with E-state index in [4.69, 9.17) is 10.5 Å². The molecule has 0 spiro atoms. The molecular weight excluding hydrogens is 256 g/mol. The van der Waals surface area contributed by atoms with Gasteiger partial charge in [-0.3, -0.25) is 4.79 Å². The second-order valence-corrected chi connectivity index (χ2v) is 4.84. The Hall–Kier alpha value is -1.66. The Kier molecular flexibility index (Phi) is 5.31. The first-order valence-corrected chi connectivity index (χ1v) is 6.97. The van der Waals surface area contributed by atoms with Crippen molar-refractivity contribution < 1.29 is 9.53 Å². The minimum Gasteiger partial charge on any atom is -0.480 e. The van der Waals surface area contributed by atoms with Gasteiger partial charge in [0.2, 0.25) is 5.88 Å². The summed E-state index contributed by atoms with van der Waals surface area (Å²) < 4.78 is 5.16. The highest BCUT2D eigenvalue weighted by molar-refractivity contribution is 5.96. The van der Waals surface area contributed by atoms with Crippen molar-refractivity contribution in [3.05, 3.63) is 23.9 Å². The van der Waals surface area contributed by atoms with Crippen molar-refractivity contribution >= 4 is 5.91 Å². The Balaban J connectivity index is 2.05. The number of hydrogen-bond acceptors (Lipinski definition) is 5. The summed E-state index contributed by atoms with van der Waals surface area (Å²) in [6.45, 7) is 4.88. The number of pyridine rings is 1. The molecular formula is C14H22N4O2. The standard InChI is InChI=1S/C14H22N4O2/c1-20-13-12(4-2-6-16-13)14(19)18-8-3-7-17(9-5-15)10-11-18/h2,4,6H,3,5,7-11,15H2,1H3. The number of aromatic nitrogens is 1. The van der Waals surface area contributed by atoms with E-state index >= 15 is 0 Å². The van der Waals surface area contributed by atoms with Crippen LogP contribution in [0.25, 0.3) is 0 Å². The summed E-state index contributed by atoms with van der Waals surface area (Å²) in [7, 11) is 1.53. The number of nitrogens with zero attached hydrogens (tertiary/aromatic N) is 3. The molecule has 20 heavy (non-hydrogen) atoms. The molecule has 1 amide bonds. The third-order valence-electron chi connectivity index (χ3n) is 3.52. The van der Waals surface area contributed by atoms with Crippen LogP contribution in [0.5, 0.6) is 5.88 Å². The third kappa shape index (κ3) is 3.46. The normalized spacial score (nSPS) is 16.8. The molecule has 2 N–H and O–H groups in total. The Bertz CT molecular complexity index is 453. The molecule has 1 aromatic rings. The summed E-state index contributed by atoms with van der Waals surface area (Å²) >= 11 is 0. The zero-order valence-corrected chi connectivity index (χ0v) is 11.9. The van der Waals surface area contributed by atoms with Crippen molar-refractivity contribution in [2.75, 3.05) is 46.4 Å². The lowest BCUT2D eigenvalue weighted by Crippen LogP contribution is -2.36. The highest BCUT2D eigenvalue weighted by Crippen LogP contribution is 2.17. The molecule has 1 fully saturated rings. The van der Waals surface area contributed by atoms with Crippen molar-refractivity contribution in [2.45, 2.75) is 6.42 Å². The molecule has 0 unspecified atom stereocenters. The van der Waals surface area contributed by atoms with Crippen molar-refractivity contribution in [2.24, 2.45) is 5.73 Å². The Labute approximate surface area is 119 Å². The Morgan fingerprint density at radius 3 is 3.00 bits per heavy atom. The van der Waals surface area contributed by atoms with Gasteiger partial charge >= 0.3 is 0 Å². The summed E-state index contributed by atoms with van der Waals surface area (Å²) in [5.74, 6) is 0.380. The number of carbonyl (C=O) groups excluding carboxylic acids is 1. The van der Waals surface area contributed by atoms with Gasteiger partial charge < -0.3 is 20.3 Å². The number of ether oxygens (including phenoxy) is 1. The molecule has 1 saturated heterocycles. The molecule has 0 aliphatic carbocycles. The van der Waals surface area contributed by atoms with Crippen LogP contribution in [0, 0.1) is 0 Å². The lowest BCUT2D eigenvalue weighted by molar-refractivity contribution is 0.0757. The predicted molar refractivity (Wildman–Crippen MR) is 76.8 cm³/mol.